The average Bonchev–Trinajstić information content (AvgIpc) is 2.40. The molecule has 2 N–H and O–H groups in total. The maximum absolute atomic E-state index is 13.5. The van der Waals surface area contributed by atoms with Gasteiger partial charge in [0.15, 0.2) is 6.17 Å². The minimum atomic E-state index is -1.54. The molecule has 0 bridgehead atoms. The van der Waals surface area contributed by atoms with Crippen molar-refractivity contribution in [1.29, 1.82) is 0 Å². The summed E-state index contributed by atoms with van der Waals surface area (Å²) in [6.45, 7) is 9.94. The van der Waals surface area contributed by atoms with Crippen LogP contribution < -0.4 is 5.73 Å². The predicted octanol–water partition coefficient (Wildman–Crippen LogP) is 4.64. The maximum atomic E-state index is 13.5. The van der Waals surface area contributed by atoms with Crippen LogP contribution in [0.3, 0.4) is 0 Å². The Balaban J connectivity index is 2.44. The van der Waals surface area contributed by atoms with E-state index in [0.717, 1.165) is 33.4 Å². The first-order valence-electron chi connectivity index (χ1n) is 7.08. The third-order valence-electron chi connectivity index (χ3n) is 3.92. The number of aryl methyl sites for hydroxylation is 2. The summed E-state index contributed by atoms with van der Waals surface area (Å²) in [5.74, 6) is -0.700. The second kappa shape index (κ2) is 5.94. The molecule has 0 amide bonds. The van der Waals surface area contributed by atoms with Crippen LogP contribution >= 0.6 is 0 Å². The Morgan fingerprint density at radius 1 is 1.29 bits per heavy atom. The zero-order valence-electron chi connectivity index (χ0n) is 12.7. The van der Waals surface area contributed by atoms with E-state index < -0.39 is 12.0 Å². The lowest BCUT2D eigenvalue weighted by molar-refractivity contribution is 0.329. The lowest BCUT2D eigenvalue weighted by Gasteiger charge is -2.20. The van der Waals surface area contributed by atoms with E-state index in [9.17, 15) is 8.78 Å². The molecule has 0 spiro atoms. The van der Waals surface area contributed by atoms with Crippen molar-refractivity contribution in [2.45, 2.75) is 39.4 Å². The average molecular weight is 289 g/mol. The second-order valence-corrected chi connectivity index (χ2v) is 5.71. The highest BCUT2D eigenvalue weighted by Crippen LogP contribution is 2.33. The van der Waals surface area contributed by atoms with E-state index in [1.165, 1.54) is 6.08 Å². The highest BCUT2D eigenvalue weighted by Gasteiger charge is 2.20. The van der Waals surface area contributed by atoms with E-state index in [-0.39, 0.29) is 12.5 Å². The van der Waals surface area contributed by atoms with Crippen molar-refractivity contribution in [1.82, 2.24) is 0 Å². The summed E-state index contributed by atoms with van der Waals surface area (Å²) in [5.41, 5.74) is 11.7. The van der Waals surface area contributed by atoms with Gasteiger partial charge in [-0.1, -0.05) is 24.8 Å². The van der Waals surface area contributed by atoms with Gasteiger partial charge in [-0.2, -0.15) is 0 Å². The molecule has 1 aliphatic carbocycles. The van der Waals surface area contributed by atoms with Gasteiger partial charge < -0.3 is 5.73 Å². The molecule has 0 saturated heterocycles. The number of allylic oxidation sites excluding steroid dienone is 4. The summed E-state index contributed by atoms with van der Waals surface area (Å²) in [6.07, 6.45) is 1.40. The third-order valence-corrected chi connectivity index (χ3v) is 3.92. The van der Waals surface area contributed by atoms with Crippen molar-refractivity contribution < 1.29 is 8.78 Å². The minimum absolute atomic E-state index is 0.0782. The molecule has 0 heterocycles. The molecule has 0 fully saturated rings. The quantitative estimate of drug-likeness (QED) is 0.861. The standard InChI is InChI=1S/C18H21F2N/c1-10-7-15(14-5-6-16(19)17(20)9-14)8-11(2)18(10)12(3)13(4)21/h5-8,13,17H,3,9,21H2,1-2,4H3/t13?,17-/m1/s1. The van der Waals surface area contributed by atoms with Gasteiger partial charge in [0, 0.05) is 12.5 Å². The highest BCUT2D eigenvalue weighted by atomic mass is 19.2. The molecule has 1 unspecified atom stereocenters. The smallest absolute Gasteiger partial charge is 0.155 e. The van der Waals surface area contributed by atoms with Crippen molar-refractivity contribution in [3.05, 3.63) is 58.9 Å². The van der Waals surface area contributed by atoms with Crippen molar-refractivity contribution in [3.63, 3.8) is 0 Å². The fourth-order valence-electron chi connectivity index (χ4n) is 2.74. The molecule has 0 saturated carbocycles. The molecule has 0 radical (unpaired) electrons. The fraction of sp³-hybridized carbons (Fsp3) is 0.333. The molecule has 2 atom stereocenters. The van der Waals surface area contributed by atoms with Gasteiger partial charge in [0.25, 0.3) is 0 Å². The SMILES string of the molecule is C=C(c1c(C)cc(C2=CC=C(F)[C@H](F)C2)cc1C)C(C)N. The van der Waals surface area contributed by atoms with Gasteiger partial charge in [-0.25, -0.2) is 8.78 Å². The van der Waals surface area contributed by atoms with Crippen LogP contribution in [-0.4, -0.2) is 12.2 Å². The first-order chi connectivity index (χ1) is 9.81. The Kier molecular flexibility index (Phi) is 4.43. The monoisotopic (exact) mass is 289 g/mol. The number of hydrogen-bond acceptors (Lipinski definition) is 1. The van der Waals surface area contributed by atoms with Crippen LogP contribution in [0.2, 0.25) is 0 Å². The molecule has 21 heavy (non-hydrogen) atoms. The lowest BCUT2D eigenvalue weighted by Crippen LogP contribution is -2.17. The van der Waals surface area contributed by atoms with Crippen LogP contribution in [0.1, 0.15) is 35.6 Å². The van der Waals surface area contributed by atoms with Gasteiger partial charge in [0.05, 0.1) is 0 Å². The van der Waals surface area contributed by atoms with Crippen LogP contribution in [0.4, 0.5) is 8.78 Å². The number of nitrogens with two attached hydrogens (primary N) is 1. The normalized spacial score (nSPS) is 19.8. The van der Waals surface area contributed by atoms with Gasteiger partial charge in [-0.3, -0.25) is 0 Å². The first kappa shape index (κ1) is 15.6. The molecule has 1 nitrogen and oxygen atoms in total. The third kappa shape index (κ3) is 3.13. The maximum Gasteiger partial charge on any atom is 0.155 e. The Bertz CT molecular complexity index is 616. The summed E-state index contributed by atoms with van der Waals surface area (Å²) < 4.78 is 26.6. The summed E-state index contributed by atoms with van der Waals surface area (Å²) >= 11 is 0. The number of benzene rings is 1. The van der Waals surface area contributed by atoms with Crippen LogP contribution in [0.15, 0.2) is 36.7 Å². The van der Waals surface area contributed by atoms with Crippen LogP contribution in [0, 0.1) is 13.8 Å². The number of alkyl halides is 1. The Morgan fingerprint density at radius 2 is 1.86 bits per heavy atom. The summed E-state index contributed by atoms with van der Waals surface area (Å²) in [6, 6.07) is 3.87. The fourth-order valence-corrected chi connectivity index (χ4v) is 2.74. The van der Waals surface area contributed by atoms with Crippen molar-refractivity contribution in [3.8, 4) is 0 Å². The number of rotatable bonds is 3. The van der Waals surface area contributed by atoms with Crippen molar-refractivity contribution in [2.75, 3.05) is 0 Å². The molecular formula is C18H21F2N. The number of halogens is 2. The van der Waals surface area contributed by atoms with Crippen molar-refractivity contribution in [2.24, 2.45) is 5.73 Å². The predicted molar refractivity (Wildman–Crippen MR) is 85.3 cm³/mol. The van der Waals surface area contributed by atoms with Gasteiger partial charge in [-0.15, -0.1) is 0 Å². The molecule has 2 rings (SSSR count). The molecular weight excluding hydrogens is 268 g/mol. The topological polar surface area (TPSA) is 26.0 Å². The molecule has 1 aliphatic rings. The van der Waals surface area contributed by atoms with Gasteiger partial charge in [0.1, 0.15) is 5.83 Å². The van der Waals surface area contributed by atoms with E-state index in [1.54, 1.807) is 6.08 Å². The molecule has 3 heteroatoms. The summed E-state index contributed by atoms with van der Waals surface area (Å²) in [7, 11) is 0. The Labute approximate surface area is 124 Å². The Hall–Kier alpha value is -1.74. The first-order valence-corrected chi connectivity index (χ1v) is 7.08. The van der Waals surface area contributed by atoms with Gasteiger partial charge in [-0.05, 0) is 60.2 Å². The molecule has 0 aliphatic heterocycles. The van der Waals surface area contributed by atoms with Crippen LogP contribution in [-0.2, 0) is 0 Å². The Morgan fingerprint density at radius 3 is 2.33 bits per heavy atom. The van der Waals surface area contributed by atoms with E-state index >= 15 is 0 Å². The lowest BCUT2D eigenvalue weighted by atomic mass is 9.87. The molecule has 112 valence electrons. The van der Waals surface area contributed by atoms with Gasteiger partial charge in [0.2, 0.25) is 0 Å². The van der Waals surface area contributed by atoms with Crippen LogP contribution in [0.25, 0.3) is 11.1 Å². The minimum Gasteiger partial charge on any atom is -0.324 e. The summed E-state index contributed by atoms with van der Waals surface area (Å²) in [5, 5.41) is 0. The second-order valence-electron chi connectivity index (χ2n) is 5.71. The van der Waals surface area contributed by atoms with E-state index in [2.05, 4.69) is 6.58 Å². The van der Waals surface area contributed by atoms with Crippen LogP contribution in [0.5, 0.6) is 0 Å². The van der Waals surface area contributed by atoms with E-state index in [1.807, 2.05) is 32.9 Å². The molecule has 1 aromatic carbocycles. The zero-order valence-corrected chi connectivity index (χ0v) is 12.7. The molecule has 1 aromatic rings. The highest BCUT2D eigenvalue weighted by molar-refractivity contribution is 5.77. The zero-order chi connectivity index (χ0) is 15.7. The van der Waals surface area contributed by atoms with Gasteiger partial charge >= 0.3 is 0 Å². The summed E-state index contributed by atoms with van der Waals surface area (Å²) in [4.78, 5) is 0. The van der Waals surface area contributed by atoms with Crippen molar-refractivity contribution >= 4 is 11.1 Å². The van der Waals surface area contributed by atoms with E-state index in [0.29, 0.717) is 0 Å². The molecule has 0 aromatic heterocycles. The number of hydrogen-bond donors (Lipinski definition) is 1. The van der Waals surface area contributed by atoms with E-state index in [4.69, 9.17) is 5.73 Å². The largest absolute Gasteiger partial charge is 0.324 e.